The fourth-order valence-electron chi connectivity index (χ4n) is 4.31. The third-order valence-corrected chi connectivity index (χ3v) is 5.95. The van der Waals surface area contributed by atoms with E-state index in [0.717, 1.165) is 30.8 Å². The Labute approximate surface area is 185 Å². The average Bonchev–Trinajstić information content (AvgIpc) is 2.67. The van der Waals surface area contributed by atoms with Crippen LogP contribution in [0.15, 0.2) is 24.3 Å². The van der Waals surface area contributed by atoms with Crippen LogP contribution in [-0.4, -0.2) is 53.0 Å². The molecule has 2 aromatic rings. The molecule has 1 amide bonds. The van der Waals surface area contributed by atoms with E-state index in [9.17, 15) is 18.0 Å². The van der Waals surface area contributed by atoms with Gasteiger partial charge in [0.05, 0.1) is 17.3 Å². The SMILES string of the molecule is Cc1nc(NC2CN(Cc3ccc(C(F)(F)F)cc3)C2)nc2c1NC(=O)[C@H](C(C)C)N2C. The van der Waals surface area contributed by atoms with Crippen molar-refractivity contribution in [3.8, 4) is 0 Å². The van der Waals surface area contributed by atoms with Gasteiger partial charge in [0.2, 0.25) is 11.9 Å². The highest BCUT2D eigenvalue weighted by molar-refractivity contribution is 6.03. The summed E-state index contributed by atoms with van der Waals surface area (Å²) in [5.41, 5.74) is 1.54. The van der Waals surface area contributed by atoms with Gasteiger partial charge in [0.1, 0.15) is 11.7 Å². The van der Waals surface area contributed by atoms with Crippen LogP contribution >= 0.6 is 0 Å². The normalized spacial score (nSPS) is 19.6. The Morgan fingerprint density at radius 3 is 2.44 bits per heavy atom. The second-order valence-corrected chi connectivity index (χ2v) is 8.85. The number of carbonyl (C=O) groups excluding carboxylic acids is 1. The molecule has 0 aliphatic carbocycles. The van der Waals surface area contributed by atoms with Gasteiger partial charge in [-0.25, -0.2) is 4.98 Å². The zero-order valence-electron chi connectivity index (χ0n) is 18.5. The number of anilines is 3. The summed E-state index contributed by atoms with van der Waals surface area (Å²) < 4.78 is 38.1. The Hall–Kier alpha value is -2.88. The van der Waals surface area contributed by atoms with Crippen molar-refractivity contribution in [2.45, 2.75) is 45.6 Å². The standard InChI is InChI=1S/C22H27F3N6O/c1-12(2)18-20(32)28-17-13(3)26-21(29-19(17)30(18)4)27-16-10-31(11-16)9-14-5-7-15(8-6-14)22(23,24)25/h5-8,12,16,18H,9-11H2,1-4H3,(H,28,32)(H,26,27,29)/t18-/m0/s1. The van der Waals surface area contributed by atoms with Crippen molar-refractivity contribution >= 4 is 23.4 Å². The van der Waals surface area contributed by atoms with Crippen LogP contribution in [0.25, 0.3) is 0 Å². The molecule has 7 nitrogen and oxygen atoms in total. The van der Waals surface area contributed by atoms with Gasteiger partial charge >= 0.3 is 6.18 Å². The first-order valence-corrected chi connectivity index (χ1v) is 10.6. The van der Waals surface area contributed by atoms with E-state index in [0.29, 0.717) is 29.7 Å². The molecule has 1 aromatic heterocycles. The summed E-state index contributed by atoms with van der Waals surface area (Å²) in [5, 5.41) is 6.27. The quantitative estimate of drug-likeness (QED) is 0.729. The Morgan fingerprint density at radius 2 is 1.84 bits per heavy atom. The molecule has 1 atom stereocenters. The number of aromatic nitrogens is 2. The number of hydrogen-bond donors (Lipinski definition) is 2. The lowest BCUT2D eigenvalue weighted by molar-refractivity contribution is -0.137. The number of halogens is 3. The summed E-state index contributed by atoms with van der Waals surface area (Å²) in [6.45, 7) is 7.90. The predicted molar refractivity (Wildman–Crippen MR) is 117 cm³/mol. The van der Waals surface area contributed by atoms with Crippen molar-refractivity contribution in [2.24, 2.45) is 5.92 Å². The molecular formula is C22H27F3N6O. The first-order chi connectivity index (χ1) is 15.0. The van der Waals surface area contributed by atoms with Gasteiger partial charge < -0.3 is 15.5 Å². The van der Waals surface area contributed by atoms with Gasteiger partial charge in [-0.05, 0) is 30.5 Å². The lowest BCUT2D eigenvalue weighted by Crippen LogP contribution is -2.54. The zero-order valence-corrected chi connectivity index (χ0v) is 18.5. The highest BCUT2D eigenvalue weighted by atomic mass is 19.4. The molecule has 1 aromatic carbocycles. The van der Waals surface area contributed by atoms with E-state index >= 15 is 0 Å². The summed E-state index contributed by atoms with van der Waals surface area (Å²) in [4.78, 5) is 25.6. The van der Waals surface area contributed by atoms with Gasteiger partial charge in [0.15, 0.2) is 5.82 Å². The molecule has 0 spiro atoms. The molecule has 0 bridgehead atoms. The minimum Gasteiger partial charge on any atom is -0.349 e. The van der Waals surface area contributed by atoms with Crippen molar-refractivity contribution in [3.63, 3.8) is 0 Å². The Balaban J connectivity index is 1.37. The number of likely N-dealkylation sites (tertiary alicyclic amines) is 1. The first-order valence-electron chi connectivity index (χ1n) is 10.6. The van der Waals surface area contributed by atoms with Crippen LogP contribution in [0, 0.1) is 12.8 Å². The van der Waals surface area contributed by atoms with Crippen molar-refractivity contribution in [1.29, 1.82) is 0 Å². The first kappa shape index (κ1) is 22.3. The van der Waals surface area contributed by atoms with Crippen LogP contribution in [0.2, 0.25) is 0 Å². The second-order valence-electron chi connectivity index (χ2n) is 8.85. The minimum absolute atomic E-state index is 0.0553. The van der Waals surface area contributed by atoms with Crippen LogP contribution in [0.4, 0.5) is 30.6 Å². The topological polar surface area (TPSA) is 73.4 Å². The molecule has 1 saturated heterocycles. The summed E-state index contributed by atoms with van der Waals surface area (Å²) in [6.07, 6.45) is -4.32. The maximum atomic E-state index is 12.7. The van der Waals surface area contributed by atoms with Gasteiger partial charge in [-0.1, -0.05) is 26.0 Å². The van der Waals surface area contributed by atoms with Crippen molar-refractivity contribution in [3.05, 3.63) is 41.1 Å². The number of rotatable bonds is 5. The second kappa shape index (κ2) is 8.23. The van der Waals surface area contributed by atoms with E-state index in [2.05, 4.69) is 25.5 Å². The number of likely N-dealkylation sites (N-methyl/N-ethyl adjacent to an activating group) is 1. The van der Waals surface area contributed by atoms with E-state index in [-0.39, 0.29) is 23.9 Å². The molecular weight excluding hydrogens is 421 g/mol. The number of amides is 1. The molecule has 0 saturated carbocycles. The van der Waals surface area contributed by atoms with Crippen LogP contribution < -0.4 is 15.5 Å². The van der Waals surface area contributed by atoms with E-state index < -0.39 is 11.7 Å². The summed E-state index contributed by atoms with van der Waals surface area (Å²) >= 11 is 0. The van der Waals surface area contributed by atoms with Crippen LogP contribution in [-0.2, 0) is 17.5 Å². The van der Waals surface area contributed by atoms with E-state index in [4.69, 9.17) is 0 Å². The lowest BCUT2D eigenvalue weighted by atomic mass is 9.99. The van der Waals surface area contributed by atoms with Crippen LogP contribution in [0.5, 0.6) is 0 Å². The third kappa shape index (κ3) is 4.36. The number of benzene rings is 1. The van der Waals surface area contributed by atoms with Gasteiger partial charge in [-0.15, -0.1) is 0 Å². The number of nitrogens with one attached hydrogen (secondary N) is 2. The number of nitrogens with zero attached hydrogens (tertiary/aromatic N) is 4. The van der Waals surface area contributed by atoms with Crippen molar-refractivity contribution in [2.75, 3.05) is 35.7 Å². The molecule has 0 unspecified atom stereocenters. The Bertz CT molecular complexity index is 1000. The highest BCUT2D eigenvalue weighted by Gasteiger charge is 2.36. The molecule has 0 radical (unpaired) electrons. The van der Waals surface area contributed by atoms with Gasteiger partial charge in [0.25, 0.3) is 0 Å². The highest BCUT2D eigenvalue weighted by Crippen LogP contribution is 2.34. The molecule has 172 valence electrons. The summed E-state index contributed by atoms with van der Waals surface area (Å²) in [5.74, 6) is 1.27. The number of hydrogen-bond acceptors (Lipinski definition) is 6. The fraction of sp³-hybridized carbons (Fsp3) is 0.500. The Kier molecular flexibility index (Phi) is 5.74. The monoisotopic (exact) mass is 448 g/mol. The molecule has 3 heterocycles. The molecule has 32 heavy (non-hydrogen) atoms. The van der Waals surface area contributed by atoms with Crippen molar-refractivity contribution in [1.82, 2.24) is 14.9 Å². The molecule has 2 N–H and O–H groups in total. The smallest absolute Gasteiger partial charge is 0.349 e. The number of fused-ring (bicyclic) bond motifs is 1. The average molecular weight is 448 g/mol. The number of carbonyl (C=O) groups is 1. The fourth-order valence-corrected chi connectivity index (χ4v) is 4.31. The summed E-state index contributed by atoms with van der Waals surface area (Å²) in [6, 6.07) is 5.13. The third-order valence-electron chi connectivity index (χ3n) is 5.95. The molecule has 2 aliphatic rings. The largest absolute Gasteiger partial charge is 0.416 e. The zero-order chi connectivity index (χ0) is 23.2. The number of alkyl halides is 3. The molecule has 10 heteroatoms. The summed E-state index contributed by atoms with van der Waals surface area (Å²) in [7, 11) is 1.87. The van der Waals surface area contributed by atoms with E-state index in [1.165, 1.54) is 12.1 Å². The van der Waals surface area contributed by atoms with Crippen LogP contribution in [0.1, 0.15) is 30.7 Å². The molecule has 2 aliphatic heterocycles. The van der Waals surface area contributed by atoms with Gasteiger partial charge in [0, 0.05) is 26.7 Å². The van der Waals surface area contributed by atoms with Crippen LogP contribution in [0.3, 0.4) is 0 Å². The lowest BCUT2D eigenvalue weighted by Gasteiger charge is -2.40. The Morgan fingerprint density at radius 1 is 1.19 bits per heavy atom. The number of aryl methyl sites for hydroxylation is 1. The maximum Gasteiger partial charge on any atom is 0.416 e. The van der Waals surface area contributed by atoms with Gasteiger partial charge in [-0.2, -0.15) is 18.2 Å². The van der Waals surface area contributed by atoms with E-state index in [1.807, 2.05) is 32.7 Å². The minimum atomic E-state index is -4.32. The predicted octanol–water partition coefficient (Wildman–Crippen LogP) is 3.51. The van der Waals surface area contributed by atoms with Gasteiger partial charge in [-0.3, -0.25) is 9.69 Å². The molecule has 4 rings (SSSR count). The van der Waals surface area contributed by atoms with E-state index in [1.54, 1.807) is 0 Å². The van der Waals surface area contributed by atoms with Crippen molar-refractivity contribution < 1.29 is 18.0 Å². The maximum absolute atomic E-state index is 12.7. The molecule has 1 fully saturated rings.